The van der Waals surface area contributed by atoms with E-state index in [-0.39, 0.29) is 0 Å². The van der Waals surface area contributed by atoms with Crippen LogP contribution in [0.15, 0.2) is 18.2 Å². The third kappa shape index (κ3) is 0.968. The number of nitrogens with zero attached hydrogens (tertiary/aromatic N) is 1. The average molecular weight is 185 g/mol. The summed E-state index contributed by atoms with van der Waals surface area (Å²) in [6, 6.07) is 5.62. The Labute approximate surface area is 72.8 Å². The van der Waals surface area contributed by atoms with E-state index in [0.29, 0.717) is 5.82 Å². The highest BCUT2D eigenvalue weighted by molar-refractivity contribution is 7.14. The number of halogens is 1. The summed E-state index contributed by atoms with van der Waals surface area (Å²) in [7, 11) is 0. The Bertz CT molecular complexity index is 396. The van der Waals surface area contributed by atoms with Crippen molar-refractivity contribution in [3.05, 3.63) is 23.2 Å². The van der Waals surface area contributed by atoms with Crippen molar-refractivity contribution in [3.8, 4) is 0 Å². The second-order valence-corrected chi connectivity index (χ2v) is 3.36. The normalized spacial score (nSPS) is 10.6. The van der Waals surface area contributed by atoms with Crippen LogP contribution in [0, 0.1) is 0 Å². The maximum Gasteiger partial charge on any atom is 0.145 e. The van der Waals surface area contributed by atoms with Gasteiger partial charge in [0.2, 0.25) is 0 Å². The summed E-state index contributed by atoms with van der Waals surface area (Å²) in [6.45, 7) is 0. The van der Waals surface area contributed by atoms with Gasteiger partial charge in [0.15, 0.2) is 0 Å². The molecule has 0 unspecified atom stereocenters. The summed E-state index contributed by atoms with van der Waals surface area (Å²) in [5.74, 6) is 0.563. The number of nitrogens with two attached hydrogens (primary N) is 1. The van der Waals surface area contributed by atoms with Gasteiger partial charge in [0.05, 0.1) is 9.72 Å². The summed E-state index contributed by atoms with van der Waals surface area (Å²) in [4.78, 5) is 0. The van der Waals surface area contributed by atoms with Gasteiger partial charge in [-0.05, 0) is 23.7 Å². The van der Waals surface area contributed by atoms with E-state index in [1.165, 1.54) is 11.5 Å². The molecule has 1 heterocycles. The van der Waals surface area contributed by atoms with Crippen LogP contribution in [0.25, 0.3) is 10.1 Å². The van der Waals surface area contributed by atoms with Crippen molar-refractivity contribution in [1.82, 2.24) is 4.37 Å². The van der Waals surface area contributed by atoms with Gasteiger partial charge in [-0.1, -0.05) is 17.7 Å². The molecule has 0 spiro atoms. The summed E-state index contributed by atoms with van der Waals surface area (Å²) in [5, 5.41) is 1.67. The van der Waals surface area contributed by atoms with Gasteiger partial charge in [0.1, 0.15) is 5.82 Å². The summed E-state index contributed by atoms with van der Waals surface area (Å²) < 4.78 is 4.96. The van der Waals surface area contributed by atoms with E-state index in [0.717, 1.165) is 15.1 Å². The number of nitrogen functional groups attached to an aromatic ring is 1. The number of hydrogen-bond donors (Lipinski definition) is 1. The zero-order valence-electron chi connectivity index (χ0n) is 5.54. The number of rotatable bonds is 0. The molecule has 0 aliphatic rings. The van der Waals surface area contributed by atoms with Crippen LogP contribution in [0.4, 0.5) is 5.82 Å². The molecule has 0 saturated carbocycles. The van der Waals surface area contributed by atoms with Gasteiger partial charge in [-0.25, -0.2) is 0 Å². The summed E-state index contributed by atoms with van der Waals surface area (Å²) >= 11 is 7.22. The predicted molar refractivity (Wildman–Crippen MR) is 49.0 cm³/mol. The molecule has 2 rings (SSSR count). The second kappa shape index (κ2) is 2.36. The van der Waals surface area contributed by atoms with Gasteiger partial charge >= 0.3 is 0 Å². The van der Waals surface area contributed by atoms with E-state index >= 15 is 0 Å². The molecule has 4 heteroatoms. The van der Waals surface area contributed by atoms with Crippen molar-refractivity contribution < 1.29 is 0 Å². The molecule has 0 saturated heterocycles. The SMILES string of the molecule is Nc1nsc2c(Cl)cccc12. The molecule has 2 N–H and O–H groups in total. The number of fused-ring (bicyclic) bond motifs is 1. The summed E-state index contributed by atoms with van der Waals surface area (Å²) in [5.41, 5.74) is 5.59. The van der Waals surface area contributed by atoms with Crippen molar-refractivity contribution in [2.75, 3.05) is 5.73 Å². The quantitative estimate of drug-likeness (QED) is 0.684. The molecule has 0 aliphatic carbocycles. The van der Waals surface area contributed by atoms with Gasteiger partial charge in [-0.3, -0.25) is 0 Å². The lowest BCUT2D eigenvalue weighted by Gasteiger charge is -1.90. The molecule has 11 heavy (non-hydrogen) atoms. The number of hydrogen-bond acceptors (Lipinski definition) is 3. The maximum atomic E-state index is 5.89. The van der Waals surface area contributed by atoms with Crippen LogP contribution >= 0.6 is 23.1 Å². The molecule has 1 aromatic heterocycles. The van der Waals surface area contributed by atoms with E-state index in [1.807, 2.05) is 18.2 Å². The minimum Gasteiger partial charge on any atom is -0.382 e. The zero-order chi connectivity index (χ0) is 7.84. The summed E-state index contributed by atoms with van der Waals surface area (Å²) in [6.07, 6.45) is 0. The van der Waals surface area contributed by atoms with Gasteiger partial charge in [-0.15, -0.1) is 0 Å². The number of anilines is 1. The monoisotopic (exact) mass is 184 g/mol. The highest BCUT2D eigenvalue weighted by Crippen LogP contribution is 2.30. The average Bonchev–Trinajstić information content (AvgIpc) is 2.35. The molecule has 56 valence electrons. The smallest absolute Gasteiger partial charge is 0.145 e. The van der Waals surface area contributed by atoms with Crippen LogP contribution in [0.1, 0.15) is 0 Å². The Morgan fingerprint density at radius 3 is 3.00 bits per heavy atom. The molecule has 1 aromatic carbocycles. The van der Waals surface area contributed by atoms with Crippen LogP contribution < -0.4 is 5.73 Å². The largest absolute Gasteiger partial charge is 0.382 e. The molecule has 2 aromatic rings. The minimum absolute atomic E-state index is 0.563. The molecule has 0 radical (unpaired) electrons. The highest BCUT2D eigenvalue weighted by atomic mass is 35.5. The molecule has 0 fully saturated rings. The first-order valence-electron chi connectivity index (χ1n) is 3.08. The third-order valence-electron chi connectivity index (χ3n) is 1.48. The van der Waals surface area contributed by atoms with E-state index in [9.17, 15) is 0 Å². The van der Waals surface area contributed by atoms with Gasteiger partial charge in [-0.2, -0.15) is 4.37 Å². The lowest BCUT2D eigenvalue weighted by atomic mass is 10.3. The van der Waals surface area contributed by atoms with Crippen LogP contribution in [0.5, 0.6) is 0 Å². The number of aromatic nitrogens is 1. The van der Waals surface area contributed by atoms with Crippen LogP contribution in [-0.2, 0) is 0 Å². The van der Waals surface area contributed by atoms with E-state index < -0.39 is 0 Å². The molecule has 0 atom stereocenters. The van der Waals surface area contributed by atoms with E-state index in [1.54, 1.807) is 0 Å². The molecule has 0 bridgehead atoms. The Morgan fingerprint density at radius 1 is 1.45 bits per heavy atom. The Hall–Kier alpha value is -0.800. The lowest BCUT2D eigenvalue weighted by molar-refractivity contribution is 1.59. The van der Waals surface area contributed by atoms with Crippen molar-refractivity contribution >= 4 is 39.0 Å². The molecule has 0 aliphatic heterocycles. The van der Waals surface area contributed by atoms with Crippen LogP contribution in [-0.4, -0.2) is 4.37 Å². The standard InChI is InChI=1S/C7H5ClN2S/c8-5-3-1-2-4-6(5)11-10-7(4)9/h1-3H,(H2,9,10). The Morgan fingerprint density at radius 2 is 2.27 bits per heavy atom. The zero-order valence-corrected chi connectivity index (χ0v) is 7.12. The fourth-order valence-corrected chi connectivity index (χ4v) is 1.94. The van der Waals surface area contributed by atoms with E-state index in [4.69, 9.17) is 17.3 Å². The Balaban J connectivity index is 2.94. The Kier molecular flexibility index (Phi) is 1.47. The van der Waals surface area contributed by atoms with Crippen LogP contribution in [0.3, 0.4) is 0 Å². The first kappa shape index (κ1) is 6.88. The second-order valence-electron chi connectivity index (χ2n) is 2.18. The molecule has 2 nitrogen and oxygen atoms in total. The van der Waals surface area contributed by atoms with E-state index in [2.05, 4.69) is 4.37 Å². The maximum absolute atomic E-state index is 5.89. The minimum atomic E-state index is 0.563. The van der Waals surface area contributed by atoms with Crippen LogP contribution in [0.2, 0.25) is 5.02 Å². The first-order valence-corrected chi connectivity index (χ1v) is 4.23. The van der Waals surface area contributed by atoms with Crippen molar-refractivity contribution in [1.29, 1.82) is 0 Å². The fraction of sp³-hybridized carbons (Fsp3) is 0. The van der Waals surface area contributed by atoms with Gasteiger partial charge in [0, 0.05) is 5.39 Å². The third-order valence-corrected chi connectivity index (χ3v) is 2.82. The highest BCUT2D eigenvalue weighted by Gasteiger charge is 2.03. The van der Waals surface area contributed by atoms with Crippen molar-refractivity contribution in [2.45, 2.75) is 0 Å². The molecule has 0 amide bonds. The van der Waals surface area contributed by atoms with Crippen molar-refractivity contribution in [3.63, 3.8) is 0 Å². The van der Waals surface area contributed by atoms with Gasteiger partial charge < -0.3 is 5.73 Å². The van der Waals surface area contributed by atoms with Gasteiger partial charge in [0.25, 0.3) is 0 Å². The first-order chi connectivity index (χ1) is 5.29. The molecular formula is C7H5ClN2S. The molecular weight excluding hydrogens is 180 g/mol. The van der Waals surface area contributed by atoms with Crippen molar-refractivity contribution in [2.24, 2.45) is 0 Å². The number of benzene rings is 1. The lowest BCUT2D eigenvalue weighted by Crippen LogP contribution is -1.82. The topological polar surface area (TPSA) is 38.9 Å². The fourth-order valence-electron chi connectivity index (χ4n) is 0.947. The predicted octanol–water partition coefficient (Wildman–Crippen LogP) is 2.53.